The van der Waals surface area contributed by atoms with Crippen LogP contribution in [-0.2, 0) is 10.1 Å². The molecule has 4 nitrogen and oxygen atoms in total. The van der Waals surface area contributed by atoms with Crippen molar-refractivity contribution in [1.29, 1.82) is 0 Å². The lowest BCUT2D eigenvalue weighted by molar-refractivity contribution is 0.380. The lowest BCUT2D eigenvalue weighted by Crippen LogP contribution is -2.50. The summed E-state index contributed by atoms with van der Waals surface area (Å²) >= 11 is 0. The Morgan fingerprint density at radius 2 is 2.05 bits per heavy atom. The fourth-order valence-electron chi connectivity index (χ4n) is 3.23. The third-order valence-corrected chi connectivity index (χ3v) is 4.82. The highest BCUT2D eigenvalue weighted by Gasteiger charge is 2.36. The summed E-state index contributed by atoms with van der Waals surface area (Å²) in [6.07, 6.45) is 0.967. The molecule has 0 saturated carbocycles. The highest BCUT2D eigenvalue weighted by atomic mass is 32.2. The Morgan fingerprint density at radius 3 is 2.65 bits per heavy atom. The first-order valence-electron chi connectivity index (χ1n) is 6.93. The molecule has 1 aliphatic heterocycles. The van der Waals surface area contributed by atoms with E-state index in [1.54, 1.807) is 0 Å². The first kappa shape index (κ1) is 15.3. The van der Waals surface area contributed by atoms with Crippen molar-refractivity contribution in [3.63, 3.8) is 0 Å². The predicted octanol–water partition coefficient (Wildman–Crippen LogP) is 2.98. The van der Waals surface area contributed by atoms with E-state index >= 15 is 0 Å². The molecule has 20 heavy (non-hydrogen) atoms. The lowest BCUT2D eigenvalue weighted by atomic mass is 9.80. The Hall–Kier alpha value is -1.07. The van der Waals surface area contributed by atoms with Gasteiger partial charge in [0.1, 0.15) is 0 Å². The largest absolute Gasteiger partial charge is 0.365 e. The molecular weight excluding hydrogens is 274 g/mol. The molecule has 0 radical (unpaired) electrons. The van der Waals surface area contributed by atoms with Crippen LogP contribution in [0.2, 0.25) is 0 Å². The molecule has 1 unspecified atom stereocenters. The summed E-state index contributed by atoms with van der Waals surface area (Å²) in [5, 5.41) is 0. The van der Waals surface area contributed by atoms with Crippen LogP contribution in [0.4, 0.5) is 5.69 Å². The summed E-state index contributed by atoms with van der Waals surface area (Å²) in [5.41, 5.74) is 3.39. The molecule has 1 aliphatic rings. The maximum Gasteiger partial charge on any atom is 0.266 e. The second-order valence-electron chi connectivity index (χ2n) is 6.42. The Morgan fingerprint density at radius 1 is 1.40 bits per heavy atom. The fraction of sp³-hybridized carbons (Fsp3) is 0.600. The van der Waals surface area contributed by atoms with Crippen LogP contribution in [-0.4, -0.2) is 30.8 Å². The van der Waals surface area contributed by atoms with Crippen LogP contribution in [0, 0.1) is 6.92 Å². The fourth-order valence-corrected chi connectivity index (χ4v) is 3.64. The number of benzene rings is 1. The molecular formula is C15H23NO3S. The van der Waals surface area contributed by atoms with Crippen LogP contribution >= 0.6 is 0 Å². The minimum Gasteiger partial charge on any atom is -0.365 e. The average molecular weight is 297 g/mol. The highest BCUT2D eigenvalue weighted by molar-refractivity contribution is 7.85. The van der Waals surface area contributed by atoms with E-state index in [9.17, 15) is 8.42 Å². The maximum absolute atomic E-state index is 11.1. The van der Waals surface area contributed by atoms with Gasteiger partial charge in [0.05, 0.1) is 5.75 Å². The quantitative estimate of drug-likeness (QED) is 0.871. The zero-order chi connectivity index (χ0) is 15.1. The topological polar surface area (TPSA) is 57.6 Å². The van der Waals surface area contributed by atoms with Crippen molar-refractivity contribution in [3.8, 4) is 0 Å². The Labute approximate surface area is 121 Å². The van der Waals surface area contributed by atoms with Gasteiger partial charge in [0.25, 0.3) is 10.1 Å². The van der Waals surface area contributed by atoms with E-state index in [-0.39, 0.29) is 11.3 Å². The van der Waals surface area contributed by atoms with Gasteiger partial charge in [-0.25, -0.2) is 0 Å². The van der Waals surface area contributed by atoms with E-state index in [4.69, 9.17) is 4.55 Å². The molecule has 0 aliphatic carbocycles. The molecule has 1 N–H and O–H groups in total. The number of anilines is 1. The predicted molar refractivity (Wildman–Crippen MR) is 82.1 cm³/mol. The van der Waals surface area contributed by atoms with Crippen LogP contribution < -0.4 is 4.90 Å². The molecule has 0 fully saturated rings. The van der Waals surface area contributed by atoms with Gasteiger partial charge in [0.2, 0.25) is 0 Å². The van der Waals surface area contributed by atoms with E-state index < -0.39 is 10.1 Å². The molecule has 0 saturated heterocycles. The van der Waals surface area contributed by atoms with Crippen molar-refractivity contribution in [2.24, 2.45) is 0 Å². The summed E-state index contributed by atoms with van der Waals surface area (Å²) in [7, 11) is -3.94. The van der Waals surface area contributed by atoms with E-state index in [0.717, 1.165) is 17.7 Å². The molecule has 1 atom stereocenters. The van der Waals surface area contributed by atoms with Gasteiger partial charge in [-0.3, -0.25) is 4.55 Å². The highest BCUT2D eigenvalue weighted by Crippen LogP contribution is 2.43. The van der Waals surface area contributed by atoms with Crippen LogP contribution in [0.25, 0.3) is 0 Å². The minimum absolute atomic E-state index is 0.120. The van der Waals surface area contributed by atoms with E-state index in [0.29, 0.717) is 12.5 Å². The van der Waals surface area contributed by atoms with Crippen LogP contribution in [0.3, 0.4) is 0 Å². The number of nitrogens with zero attached hydrogens (tertiary/aromatic N) is 1. The van der Waals surface area contributed by atoms with Crippen LogP contribution in [0.5, 0.6) is 0 Å². The second-order valence-corrected chi connectivity index (χ2v) is 7.99. The Bertz CT molecular complexity index is 608. The van der Waals surface area contributed by atoms with Crippen molar-refractivity contribution in [1.82, 2.24) is 0 Å². The molecule has 0 amide bonds. The molecule has 0 aromatic heterocycles. The van der Waals surface area contributed by atoms with Gasteiger partial charge in [0, 0.05) is 17.8 Å². The Kier molecular flexibility index (Phi) is 3.86. The summed E-state index contributed by atoms with van der Waals surface area (Å²) in [6.45, 7) is 8.80. The third kappa shape index (κ3) is 3.15. The van der Waals surface area contributed by atoms with Gasteiger partial charge in [0.15, 0.2) is 0 Å². The molecule has 0 bridgehead atoms. The van der Waals surface area contributed by atoms with Crippen molar-refractivity contribution >= 4 is 15.8 Å². The molecule has 0 spiro atoms. The molecule has 1 aromatic carbocycles. The maximum atomic E-state index is 11.1. The van der Waals surface area contributed by atoms with Crippen molar-refractivity contribution < 1.29 is 13.0 Å². The zero-order valence-corrected chi connectivity index (χ0v) is 13.4. The number of aryl methyl sites for hydroxylation is 1. The average Bonchev–Trinajstić information content (AvgIpc) is 2.25. The first-order chi connectivity index (χ1) is 9.10. The van der Waals surface area contributed by atoms with Gasteiger partial charge in [-0.05, 0) is 50.3 Å². The second kappa shape index (κ2) is 5.04. The monoisotopic (exact) mass is 297 g/mol. The number of rotatable bonds is 3. The van der Waals surface area contributed by atoms with Crippen molar-refractivity contribution in [3.05, 3.63) is 29.3 Å². The van der Waals surface area contributed by atoms with Crippen LogP contribution in [0.1, 0.15) is 44.2 Å². The number of hydrogen-bond donors (Lipinski definition) is 1. The third-order valence-electron chi connectivity index (χ3n) is 4.12. The summed E-state index contributed by atoms with van der Waals surface area (Å²) in [5.74, 6) is 0.209. The Balaban J connectivity index is 2.42. The van der Waals surface area contributed by atoms with Crippen molar-refractivity contribution in [2.75, 3.05) is 17.2 Å². The zero-order valence-electron chi connectivity index (χ0n) is 12.5. The minimum atomic E-state index is -3.94. The van der Waals surface area contributed by atoms with Gasteiger partial charge >= 0.3 is 0 Å². The normalized spacial score (nSPS) is 21.6. The van der Waals surface area contributed by atoms with E-state index in [1.807, 2.05) is 6.92 Å². The van der Waals surface area contributed by atoms with Crippen molar-refractivity contribution in [2.45, 2.75) is 45.6 Å². The molecule has 1 aromatic rings. The van der Waals surface area contributed by atoms with Crippen LogP contribution in [0.15, 0.2) is 18.2 Å². The van der Waals surface area contributed by atoms with E-state index in [2.05, 4.69) is 43.9 Å². The lowest BCUT2D eigenvalue weighted by Gasteiger charge is -2.47. The summed E-state index contributed by atoms with van der Waals surface area (Å²) < 4.78 is 31.1. The van der Waals surface area contributed by atoms with E-state index in [1.165, 1.54) is 5.56 Å². The molecule has 5 heteroatoms. The van der Waals surface area contributed by atoms with Gasteiger partial charge in [-0.2, -0.15) is 8.42 Å². The first-order valence-corrected chi connectivity index (χ1v) is 8.54. The number of hydrogen-bond acceptors (Lipinski definition) is 3. The smallest absolute Gasteiger partial charge is 0.266 e. The molecule has 2 rings (SSSR count). The standard InChI is InChI=1S/C15H23NO3S/c1-11-5-6-13-12(2)10-15(3,4)16(14(13)9-11)7-8-20(17,18)19/h5-6,9,12H,7-8,10H2,1-4H3,(H,17,18,19). The summed E-state index contributed by atoms with van der Waals surface area (Å²) in [6, 6.07) is 6.33. The molecule has 1 heterocycles. The number of fused-ring (bicyclic) bond motifs is 1. The SMILES string of the molecule is Cc1ccc2c(c1)N(CCS(=O)(=O)O)C(C)(C)CC2C. The van der Waals surface area contributed by atoms with Gasteiger partial charge < -0.3 is 4.90 Å². The molecule has 112 valence electrons. The van der Waals surface area contributed by atoms with Gasteiger partial charge in [-0.1, -0.05) is 19.1 Å². The summed E-state index contributed by atoms with van der Waals surface area (Å²) in [4.78, 5) is 2.11. The van der Waals surface area contributed by atoms with Gasteiger partial charge in [-0.15, -0.1) is 0 Å².